The molecule has 1 aliphatic heterocycles. The summed E-state index contributed by atoms with van der Waals surface area (Å²) in [7, 11) is -2.69. The third-order valence-electron chi connectivity index (χ3n) is 7.91. The van der Waals surface area contributed by atoms with Crippen LogP contribution in [0.15, 0.2) is 60.0 Å². The van der Waals surface area contributed by atoms with Gasteiger partial charge in [-0.3, -0.25) is 14.4 Å². The Labute approximate surface area is 266 Å². The lowest BCUT2D eigenvalue weighted by Gasteiger charge is -2.51. The van der Waals surface area contributed by atoms with Gasteiger partial charge in [0.25, 0.3) is 21.8 Å². The van der Waals surface area contributed by atoms with E-state index in [1.54, 1.807) is 50.1 Å². The van der Waals surface area contributed by atoms with Crippen LogP contribution in [-0.4, -0.2) is 64.8 Å². The predicted octanol–water partition coefficient (Wildman–Crippen LogP) is 3.75. The van der Waals surface area contributed by atoms with E-state index in [-0.39, 0.29) is 52.5 Å². The molecule has 0 saturated carbocycles. The molecule has 3 amide bonds. The zero-order valence-corrected chi connectivity index (χ0v) is 27.3. The number of imidazole rings is 1. The van der Waals surface area contributed by atoms with Gasteiger partial charge in [-0.1, -0.05) is 63.0 Å². The maximum Gasteiger partial charge on any atom is 0.283 e. The van der Waals surface area contributed by atoms with Crippen molar-refractivity contribution < 1.29 is 27.9 Å². The van der Waals surface area contributed by atoms with Crippen LogP contribution in [0, 0.1) is 11.3 Å². The van der Waals surface area contributed by atoms with Crippen LogP contribution < -0.4 is 10.0 Å². The van der Waals surface area contributed by atoms with Crippen molar-refractivity contribution >= 4 is 50.9 Å². The lowest BCUT2D eigenvalue weighted by molar-refractivity contribution is -0.155. The lowest BCUT2D eigenvalue weighted by Crippen LogP contribution is -2.60. The van der Waals surface area contributed by atoms with Crippen LogP contribution in [0.1, 0.15) is 60.4 Å². The highest BCUT2D eigenvalue weighted by Gasteiger charge is 2.50. The van der Waals surface area contributed by atoms with Gasteiger partial charge >= 0.3 is 0 Å². The second kappa shape index (κ2) is 12.5. The minimum Gasteiger partial charge on any atom is -0.384 e. The van der Waals surface area contributed by atoms with Crippen molar-refractivity contribution in [3.8, 4) is 0 Å². The summed E-state index contributed by atoms with van der Waals surface area (Å²) in [6.07, 6.45) is 2.79. The van der Waals surface area contributed by atoms with E-state index >= 15 is 0 Å². The van der Waals surface area contributed by atoms with Gasteiger partial charge in [0.1, 0.15) is 6.04 Å². The number of piperidine rings is 1. The zero-order chi connectivity index (χ0) is 32.6. The Kier molecular flexibility index (Phi) is 9.51. The Balaban J connectivity index is 1.50. The Morgan fingerprint density at radius 1 is 1.00 bits per heavy atom. The third kappa shape index (κ3) is 6.93. The number of sulfonamides is 1. The molecule has 1 fully saturated rings. The van der Waals surface area contributed by atoms with E-state index in [0.717, 1.165) is 0 Å². The fraction of sp³-hybridized carbons (Fsp3) is 0.400. The Morgan fingerprint density at radius 2 is 1.61 bits per heavy atom. The fourth-order valence-corrected chi connectivity index (χ4v) is 6.64. The number of aryl methyl sites for hydroxylation is 1. The van der Waals surface area contributed by atoms with E-state index in [4.69, 9.17) is 23.2 Å². The standard InChI is InChI=1S/C30H35Cl2N5O6S/c1-18(2)25(28(40)37-11-10-30(41,29(3,4)16-37)21-6-8-22(31)9-7-21)34-26(38)19-12-20(14-23(32)13-19)27(39)35-44(42,43)24-15-36(5)17-33-24/h6-9,12-15,17-18,25,41H,10-11,16H2,1-5H3,(H,34,38)(H,35,39)/t25-,30+/m1/s1. The Morgan fingerprint density at radius 3 is 2.16 bits per heavy atom. The number of aromatic nitrogens is 2. The van der Waals surface area contributed by atoms with Crippen molar-refractivity contribution in [3.63, 3.8) is 0 Å². The molecule has 2 atom stereocenters. The summed E-state index contributed by atoms with van der Waals surface area (Å²) in [5, 5.41) is 14.7. The molecule has 3 aromatic rings. The first-order valence-electron chi connectivity index (χ1n) is 13.9. The molecule has 1 aliphatic rings. The van der Waals surface area contributed by atoms with Gasteiger partial charge in [-0.15, -0.1) is 0 Å². The highest BCUT2D eigenvalue weighted by atomic mass is 35.5. The Bertz CT molecular complexity index is 1690. The van der Waals surface area contributed by atoms with E-state index in [0.29, 0.717) is 10.6 Å². The van der Waals surface area contributed by atoms with Crippen molar-refractivity contribution in [2.75, 3.05) is 13.1 Å². The van der Waals surface area contributed by atoms with Gasteiger partial charge in [-0.25, -0.2) is 9.71 Å². The number of hydrogen-bond donors (Lipinski definition) is 3. The van der Waals surface area contributed by atoms with Gasteiger partial charge in [0.15, 0.2) is 5.03 Å². The maximum absolute atomic E-state index is 13.8. The summed E-state index contributed by atoms with van der Waals surface area (Å²) < 4.78 is 28.5. The van der Waals surface area contributed by atoms with Gasteiger partial charge < -0.3 is 19.9 Å². The average Bonchev–Trinajstić information content (AvgIpc) is 3.39. The van der Waals surface area contributed by atoms with Gasteiger partial charge in [0.2, 0.25) is 5.91 Å². The summed E-state index contributed by atoms with van der Waals surface area (Å²) in [6.45, 7) is 7.85. The highest BCUT2D eigenvalue weighted by Crippen LogP contribution is 2.46. The molecule has 11 nitrogen and oxygen atoms in total. The maximum atomic E-state index is 13.8. The summed E-state index contributed by atoms with van der Waals surface area (Å²) >= 11 is 12.2. The molecule has 1 aromatic heterocycles. The summed E-state index contributed by atoms with van der Waals surface area (Å²) in [4.78, 5) is 45.4. The van der Waals surface area contributed by atoms with E-state index in [2.05, 4.69) is 10.3 Å². The van der Waals surface area contributed by atoms with E-state index in [9.17, 15) is 27.9 Å². The van der Waals surface area contributed by atoms with E-state index in [1.807, 2.05) is 18.6 Å². The van der Waals surface area contributed by atoms with Gasteiger partial charge in [0.05, 0.1) is 11.9 Å². The highest BCUT2D eigenvalue weighted by molar-refractivity contribution is 7.90. The van der Waals surface area contributed by atoms with E-state index < -0.39 is 38.9 Å². The van der Waals surface area contributed by atoms with E-state index in [1.165, 1.54) is 35.3 Å². The number of rotatable bonds is 8. The molecule has 0 bridgehead atoms. The molecule has 3 N–H and O–H groups in total. The number of nitrogens with zero attached hydrogens (tertiary/aromatic N) is 3. The molecular weight excluding hydrogens is 629 g/mol. The summed E-state index contributed by atoms with van der Waals surface area (Å²) in [5.74, 6) is -2.30. The quantitative estimate of drug-likeness (QED) is 0.332. The number of halogens is 2. The molecule has 1 saturated heterocycles. The molecule has 0 radical (unpaired) electrons. The van der Waals surface area contributed by atoms with Crippen LogP contribution in [0.25, 0.3) is 0 Å². The minimum atomic E-state index is -4.27. The number of hydrogen-bond acceptors (Lipinski definition) is 7. The van der Waals surface area contributed by atoms with Crippen LogP contribution >= 0.6 is 23.2 Å². The smallest absolute Gasteiger partial charge is 0.283 e. The van der Waals surface area contributed by atoms with Crippen molar-refractivity contribution in [1.29, 1.82) is 0 Å². The molecule has 0 aliphatic carbocycles. The minimum absolute atomic E-state index is 0.0183. The van der Waals surface area contributed by atoms with Crippen molar-refractivity contribution in [2.24, 2.45) is 18.4 Å². The largest absolute Gasteiger partial charge is 0.384 e. The fourth-order valence-electron chi connectivity index (χ4n) is 5.32. The number of likely N-dealkylation sites (tertiary alicyclic amines) is 1. The van der Waals surface area contributed by atoms with Crippen molar-refractivity contribution in [3.05, 3.63) is 81.7 Å². The number of aliphatic hydroxyl groups is 1. The van der Waals surface area contributed by atoms with Crippen LogP contribution in [0.4, 0.5) is 0 Å². The van der Waals surface area contributed by atoms with Gasteiger partial charge in [-0.2, -0.15) is 8.42 Å². The first-order chi connectivity index (χ1) is 20.4. The molecule has 2 aromatic carbocycles. The van der Waals surface area contributed by atoms with Crippen molar-refractivity contribution in [1.82, 2.24) is 24.5 Å². The molecule has 236 valence electrons. The predicted molar refractivity (Wildman–Crippen MR) is 166 cm³/mol. The first kappa shape index (κ1) is 33.4. The second-order valence-electron chi connectivity index (χ2n) is 12.0. The number of nitrogens with one attached hydrogen (secondary N) is 2. The topological polar surface area (TPSA) is 151 Å². The Hall–Kier alpha value is -3.45. The lowest BCUT2D eigenvalue weighted by atomic mass is 9.66. The molecule has 0 spiro atoms. The molecule has 2 heterocycles. The number of carbonyl (C=O) groups excluding carboxylic acids is 3. The molecular formula is C30H35Cl2N5O6S. The van der Waals surface area contributed by atoms with Crippen LogP contribution in [0.2, 0.25) is 10.0 Å². The molecule has 44 heavy (non-hydrogen) atoms. The van der Waals surface area contributed by atoms with Gasteiger partial charge in [0, 0.05) is 52.9 Å². The third-order valence-corrected chi connectivity index (χ3v) is 9.59. The molecule has 0 unspecified atom stereocenters. The average molecular weight is 665 g/mol. The van der Waals surface area contributed by atoms with Crippen LogP contribution in [-0.2, 0) is 27.5 Å². The number of carbonyl (C=O) groups is 3. The second-order valence-corrected chi connectivity index (χ2v) is 14.5. The van der Waals surface area contributed by atoms with Crippen LogP contribution in [0.5, 0.6) is 0 Å². The normalized spacial score (nSPS) is 19.0. The van der Waals surface area contributed by atoms with Gasteiger partial charge in [-0.05, 0) is 48.2 Å². The summed E-state index contributed by atoms with van der Waals surface area (Å²) in [5.41, 5.74) is -1.43. The SMILES string of the molecule is CC(C)[C@@H](NC(=O)c1cc(Cl)cc(C(=O)NS(=O)(=O)c2cn(C)cn2)c1)C(=O)N1CC[C@](O)(c2ccc(Cl)cc2)C(C)(C)C1. The van der Waals surface area contributed by atoms with Crippen LogP contribution in [0.3, 0.4) is 0 Å². The van der Waals surface area contributed by atoms with Crippen molar-refractivity contribution in [2.45, 2.75) is 50.8 Å². The molecule has 4 rings (SSSR count). The molecule has 14 heteroatoms. The number of amides is 3. The zero-order valence-electron chi connectivity index (χ0n) is 25.0. The first-order valence-corrected chi connectivity index (χ1v) is 16.1. The summed E-state index contributed by atoms with van der Waals surface area (Å²) in [6, 6.07) is 9.82. The number of benzene rings is 2. The monoisotopic (exact) mass is 663 g/mol.